The fourth-order valence-corrected chi connectivity index (χ4v) is 1.44. The first kappa shape index (κ1) is 17.2. The number of hydrogen-bond acceptors (Lipinski definition) is 1. The molecule has 0 fully saturated rings. The van der Waals surface area contributed by atoms with Crippen molar-refractivity contribution in [3.8, 4) is 0 Å². The fraction of sp³-hybridized carbons (Fsp3) is 0.833. The molecule has 0 aromatic heterocycles. The standard InChI is InChI=1S/C12H19F5O/c1-2-3-4-5-6-7-8-9-10(18)11(13,14)12(15,16)17/h9,18H,2-8H2,1H3. The highest BCUT2D eigenvalue weighted by atomic mass is 19.4. The first-order valence-corrected chi connectivity index (χ1v) is 6.07. The zero-order chi connectivity index (χ0) is 14.2. The summed E-state index contributed by atoms with van der Waals surface area (Å²) in [5.74, 6) is -7.04. The molecule has 0 atom stereocenters. The number of aliphatic hydroxyl groups excluding tert-OH is 1. The van der Waals surface area contributed by atoms with Gasteiger partial charge < -0.3 is 5.11 Å². The van der Waals surface area contributed by atoms with Gasteiger partial charge in [0.1, 0.15) is 0 Å². The number of unbranched alkanes of at least 4 members (excludes halogenated alkanes) is 6. The summed E-state index contributed by atoms with van der Waals surface area (Å²) in [6, 6.07) is 0. The molecule has 0 rings (SSSR count). The molecule has 108 valence electrons. The minimum Gasteiger partial charge on any atom is -0.506 e. The number of rotatable bonds is 8. The van der Waals surface area contributed by atoms with E-state index in [1.807, 2.05) is 0 Å². The van der Waals surface area contributed by atoms with Crippen LogP contribution in [0.25, 0.3) is 0 Å². The molecule has 0 spiro atoms. The molecule has 0 amide bonds. The minimum atomic E-state index is -5.74. The average molecular weight is 274 g/mol. The number of halogens is 5. The summed E-state index contributed by atoms with van der Waals surface area (Å²) < 4.78 is 60.7. The Hall–Kier alpha value is -0.810. The highest BCUT2D eigenvalue weighted by Crippen LogP contribution is 2.40. The Morgan fingerprint density at radius 1 is 0.944 bits per heavy atom. The van der Waals surface area contributed by atoms with Crippen molar-refractivity contribution in [1.29, 1.82) is 0 Å². The van der Waals surface area contributed by atoms with Crippen molar-refractivity contribution in [3.05, 3.63) is 11.8 Å². The Balaban J connectivity index is 3.98. The van der Waals surface area contributed by atoms with Gasteiger partial charge in [-0.25, -0.2) is 0 Å². The highest BCUT2D eigenvalue weighted by Gasteiger charge is 2.60. The molecule has 1 nitrogen and oxygen atoms in total. The van der Waals surface area contributed by atoms with Gasteiger partial charge in [0.2, 0.25) is 0 Å². The van der Waals surface area contributed by atoms with E-state index in [1.54, 1.807) is 0 Å². The predicted molar refractivity (Wildman–Crippen MR) is 59.7 cm³/mol. The molecule has 0 unspecified atom stereocenters. The van der Waals surface area contributed by atoms with Crippen molar-refractivity contribution in [3.63, 3.8) is 0 Å². The fourth-order valence-electron chi connectivity index (χ4n) is 1.44. The maximum atomic E-state index is 12.6. The normalized spacial score (nSPS) is 14.0. The van der Waals surface area contributed by atoms with Gasteiger partial charge in [-0.3, -0.25) is 0 Å². The molecule has 0 aliphatic heterocycles. The lowest BCUT2D eigenvalue weighted by Crippen LogP contribution is -2.38. The van der Waals surface area contributed by atoms with Crippen molar-refractivity contribution in [2.24, 2.45) is 0 Å². The largest absolute Gasteiger partial charge is 0.506 e. The van der Waals surface area contributed by atoms with Crippen LogP contribution < -0.4 is 0 Å². The lowest BCUT2D eigenvalue weighted by Gasteiger charge is -2.18. The zero-order valence-corrected chi connectivity index (χ0v) is 10.4. The van der Waals surface area contributed by atoms with E-state index in [-0.39, 0.29) is 6.42 Å². The Morgan fingerprint density at radius 3 is 1.94 bits per heavy atom. The summed E-state index contributed by atoms with van der Waals surface area (Å²) in [5.41, 5.74) is 0. The second-order valence-electron chi connectivity index (χ2n) is 4.22. The molecule has 0 aliphatic rings. The molecule has 0 saturated heterocycles. The third-order valence-electron chi connectivity index (χ3n) is 2.57. The molecule has 0 saturated carbocycles. The van der Waals surface area contributed by atoms with Gasteiger partial charge in [-0.2, -0.15) is 22.0 Å². The summed E-state index contributed by atoms with van der Waals surface area (Å²) in [7, 11) is 0. The van der Waals surface area contributed by atoms with Crippen molar-refractivity contribution in [2.45, 2.75) is 64.0 Å². The molecule has 0 radical (unpaired) electrons. The van der Waals surface area contributed by atoms with Crippen LogP contribution in [-0.2, 0) is 0 Å². The molecular weight excluding hydrogens is 255 g/mol. The Labute approximate surface area is 104 Å². The van der Waals surface area contributed by atoms with Crippen LogP contribution in [0.1, 0.15) is 51.9 Å². The van der Waals surface area contributed by atoms with E-state index in [4.69, 9.17) is 5.11 Å². The number of hydrogen-bond donors (Lipinski definition) is 1. The van der Waals surface area contributed by atoms with Gasteiger partial charge in [-0.1, -0.05) is 39.0 Å². The van der Waals surface area contributed by atoms with Crippen LogP contribution in [0.3, 0.4) is 0 Å². The minimum absolute atomic E-state index is 0.0314. The zero-order valence-electron chi connectivity index (χ0n) is 10.4. The van der Waals surface area contributed by atoms with Crippen LogP contribution in [0.4, 0.5) is 22.0 Å². The van der Waals surface area contributed by atoms with Crippen LogP contribution >= 0.6 is 0 Å². The van der Waals surface area contributed by atoms with E-state index < -0.39 is 17.9 Å². The second-order valence-corrected chi connectivity index (χ2v) is 4.22. The summed E-state index contributed by atoms with van der Waals surface area (Å²) in [6.07, 6.45) is 0.253. The Kier molecular flexibility index (Phi) is 7.25. The summed E-state index contributed by atoms with van der Waals surface area (Å²) in [5, 5.41) is 8.74. The van der Waals surface area contributed by atoms with Gasteiger partial charge in [-0.05, 0) is 18.9 Å². The van der Waals surface area contributed by atoms with Crippen molar-refractivity contribution in [2.75, 3.05) is 0 Å². The predicted octanol–water partition coefficient (Wildman–Crippen LogP) is 5.38. The highest BCUT2D eigenvalue weighted by molar-refractivity contribution is 5.07. The van der Waals surface area contributed by atoms with Crippen LogP contribution in [0.5, 0.6) is 0 Å². The van der Waals surface area contributed by atoms with E-state index in [0.717, 1.165) is 32.1 Å². The monoisotopic (exact) mass is 274 g/mol. The summed E-state index contributed by atoms with van der Waals surface area (Å²) in [4.78, 5) is 0. The first-order valence-electron chi connectivity index (χ1n) is 6.07. The van der Waals surface area contributed by atoms with Crippen molar-refractivity contribution in [1.82, 2.24) is 0 Å². The third kappa shape index (κ3) is 5.69. The summed E-state index contributed by atoms with van der Waals surface area (Å²) >= 11 is 0. The van der Waals surface area contributed by atoms with Crippen LogP contribution in [0.15, 0.2) is 11.8 Å². The number of aliphatic hydroxyl groups is 1. The molecular formula is C12H19F5O. The first-order chi connectivity index (χ1) is 8.23. The second kappa shape index (κ2) is 7.59. The van der Waals surface area contributed by atoms with Crippen molar-refractivity contribution < 1.29 is 27.1 Å². The van der Waals surface area contributed by atoms with E-state index in [2.05, 4.69) is 6.92 Å². The van der Waals surface area contributed by atoms with E-state index in [0.29, 0.717) is 12.5 Å². The molecule has 6 heteroatoms. The van der Waals surface area contributed by atoms with Gasteiger partial charge in [0.25, 0.3) is 0 Å². The van der Waals surface area contributed by atoms with E-state index in [9.17, 15) is 22.0 Å². The number of allylic oxidation sites excluding steroid dienone is 2. The van der Waals surface area contributed by atoms with E-state index >= 15 is 0 Å². The average Bonchev–Trinajstić information content (AvgIpc) is 2.26. The maximum Gasteiger partial charge on any atom is 0.461 e. The molecule has 0 bridgehead atoms. The Bertz CT molecular complexity index is 258. The molecule has 0 aromatic carbocycles. The topological polar surface area (TPSA) is 20.2 Å². The van der Waals surface area contributed by atoms with Gasteiger partial charge in [-0.15, -0.1) is 0 Å². The lowest BCUT2D eigenvalue weighted by molar-refractivity contribution is -0.274. The van der Waals surface area contributed by atoms with Crippen LogP contribution in [-0.4, -0.2) is 17.2 Å². The van der Waals surface area contributed by atoms with Gasteiger partial charge in [0, 0.05) is 0 Å². The molecule has 0 aliphatic carbocycles. The van der Waals surface area contributed by atoms with Gasteiger partial charge in [0.15, 0.2) is 5.76 Å². The van der Waals surface area contributed by atoms with Crippen LogP contribution in [0.2, 0.25) is 0 Å². The molecule has 1 N–H and O–H groups in total. The van der Waals surface area contributed by atoms with Gasteiger partial charge in [0.05, 0.1) is 0 Å². The Morgan fingerprint density at radius 2 is 1.44 bits per heavy atom. The van der Waals surface area contributed by atoms with Crippen molar-refractivity contribution >= 4 is 0 Å². The smallest absolute Gasteiger partial charge is 0.461 e. The lowest BCUT2D eigenvalue weighted by atomic mass is 10.1. The molecule has 0 heterocycles. The third-order valence-corrected chi connectivity index (χ3v) is 2.57. The quantitative estimate of drug-likeness (QED) is 0.358. The molecule has 0 aromatic rings. The SMILES string of the molecule is CCCCCCCCC=C(O)C(F)(F)C(F)(F)F. The molecule has 18 heavy (non-hydrogen) atoms. The van der Waals surface area contributed by atoms with E-state index in [1.165, 1.54) is 0 Å². The van der Waals surface area contributed by atoms with Crippen LogP contribution in [0, 0.1) is 0 Å². The summed E-state index contributed by atoms with van der Waals surface area (Å²) in [6.45, 7) is 2.06. The van der Waals surface area contributed by atoms with Gasteiger partial charge >= 0.3 is 12.1 Å². The number of alkyl halides is 5. The maximum absolute atomic E-state index is 12.6.